The van der Waals surface area contributed by atoms with Gasteiger partial charge in [0.15, 0.2) is 0 Å². The van der Waals surface area contributed by atoms with Gasteiger partial charge in [0.25, 0.3) is 5.56 Å². The van der Waals surface area contributed by atoms with Crippen molar-refractivity contribution >= 4 is 17.7 Å². The summed E-state index contributed by atoms with van der Waals surface area (Å²) in [5.74, 6) is 0.478. The molecule has 3 aromatic rings. The molecule has 6 heteroatoms. The Morgan fingerprint density at radius 1 is 1.22 bits per heavy atom. The van der Waals surface area contributed by atoms with Gasteiger partial charge in [0.2, 0.25) is 0 Å². The van der Waals surface area contributed by atoms with E-state index in [2.05, 4.69) is 15.5 Å². The molecular weight excluding hydrogens is 292 g/mol. The first-order valence-electron chi connectivity index (χ1n) is 7.15. The summed E-state index contributed by atoms with van der Waals surface area (Å²) < 4.78 is 1.48. The monoisotopic (exact) mass is 308 g/mol. The zero-order valence-corrected chi connectivity index (χ0v) is 12.6. The van der Waals surface area contributed by atoms with Gasteiger partial charge in [-0.2, -0.15) is 0 Å². The largest absolute Gasteiger partial charge is 0.399 e. The fourth-order valence-corrected chi connectivity index (χ4v) is 2.24. The molecule has 0 aliphatic rings. The van der Waals surface area contributed by atoms with Crippen LogP contribution >= 0.6 is 0 Å². The number of oxime groups is 1. The molecule has 0 saturated heterocycles. The lowest BCUT2D eigenvalue weighted by Crippen LogP contribution is -2.22. The van der Waals surface area contributed by atoms with Gasteiger partial charge in [-0.3, -0.25) is 9.20 Å². The number of benzene rings is 1. The van der Waals surface area contributed by atoms with E-state index >= 15 is 0 Å². The van der Waals surface area contributed by atoms with Crippen molar-refractivity contribution in [1.82, 2.24) is 9.38 Å². The van der Waals surface area contributed by atoms with E-state index in [-0.39, 0.29) is 5.56 Å². The van der Waals surface area contributed by atoms with Gasteiger partial charge in [0.1, 0.15) is 24.1 Å². The minimum absolute atomic E-state index is 0.202. The third-order valence-corrected chi connectivity index (χ3v) is 3.36. The maximum absolute atomic E-state index is 12.6. The molecule has 116 valence electrons. The lowest BCUT2D eigenvalue weighted by molar-refractivity contribution is 0.215. The van der Waals surface area contributed by atoms with Crippen LogP contribution in [0.2, 0.25) is 0 Å². The first-order chi connectivity index (χ1) is 11.3. The molecule has 0 radical (unpaired) electrons. The third-order valence-electron chi connectivity index (χ3n) is 3.36. The van der Waals surface area contributed by atoms with Gasteiger partial charge in [0, 0.05) is 12.7 Å². The Kier molecular flexibility index (Phi) is 4.33. The highest BCUT2D eigenvalue weighted by molar-refractivity contribution is 5.86. The second kappa shape index (κ2) is 6.74. The van der Waals surface area contributed by atoms with Crippen molar-refractivity contribution < 1.29 is 4.84 Å². The molecule has 0 saturated carbocycles. The normalized spacial score (nSPS) is 11.0. The lowest BCUT2D eigenvalue weighted by Gasteiger charge is -2.10. The molecule has 0 bridgehead atoms. The Hall–Kier alpha value is -3.15. The molecule has 0 atom stereocenters. The molecule has 0 aliphatic heterocycles. The van der Waals surface area contributed by atoms with Crippen LogP contribution in [0.15, 0.2) is 64.7 Å². The molecule has 6 nitrogen and oxygen atoms in total. The number of anilines is 1. The second-order valence-electron chi connectivity index (χ2n) is 4.86. The van der Waals surface area contributed by atoms with E-state index in [1.165, 1.54) is 17.7 Å². The third kappa shape index (κ3) is 3.21. The molecule has 3 rings (SSSR count). The summed E-state index contributed by atoms with van der Waals surface area (Å²) in [6, 6.07) is 15.3. The van der Waals surface area contributed by atoms with Crippen LogP contribution in [0.5, 0.6) is 0 Å². The predicted octanol–water partition coefficient (Wildman–Crippen LogP) is 2.29. The summed E-state index contributed by atoms with van der Waals surface area (Å²) in [5, 5.41) is 6.91. The highest BCUT2D eigenvalue weighted by Gasteiger charge is 2.11. The molecular formula is C17H16N4O2. The topological polar surface area (TPSA) is 68.0 Å². The molecule has 2 heterocycles. The minimum atomic E-state index is -0.202. The number of nitrogens with one attached hydrogen (secondary N) is 1. The maximum Gasteiger partial charge on any atom is 0.268 e. The van der Waals surface area contributed by atoms with Crippen LogP contribution in [-0.2, 0) is 11.4 Å². The van der Waals surface area contributed by atoms with Crippen LogP contribution in [0, 0.1) is 0 Å². The van der Waals surface area contributed by atoms with Gasteiger partial charge < -0.3 is 10.2 Å². The summed E-state index contributed by atoms with van der Waals surface area (Å²) in [4.78, 5) is 21.8. The number of rotatable bonds is 5. The molecule has 1 N–H and O–H groups in total. The average Bonchev–Trinajstić information content (AvgIpc) is 2.60. The SMILES string of the molecule is CON=Cc1c(NCc2ccccc2)nc2ccccn2c1=O. The summed E-state index contributed by atoms with van der Waals surface area (Å²) in [7, 11) is 1.43. The fourth-order valence-electron chi connectivity index (χ4n) is 2.24. The zero-order valence-electron chi connectivity index (χ0n) is 12.6. The number of aromatic nitrogens is 2. The van der Waals surface area contributed by atoms with Crippen molar-refractivity contribution in [3.05, 3.63) is 76.2 Å². The number of nitrogens with zero attached hydrogens (tertiary/aromatic N) is 3. The molecule has 0 unspecified atom stereocenters. The molecule has 0 spiro atoms. The first kappa shape index (κ1) is 14.8. The van der Waals surface area contributed by atoms with Crippen molar-refractivity contribution in [2.75, 3.05) is 12.4 Å². The molecule has 0 fully saturated rings. The number of fused-ring (bicyclic) bond motifs is 1. The standard InChI is InChI=1S/C17H16N4O2/c1-23-19-12-14-16(18-11-13-7-3-2-4-8-13)20-15-9-5-6-10-21(15)17(14)22/h2-10,12,18H,11H2,1H3. The van der Waals surface area contributed by atoms with E-state index in [9.17, 15) is 4.79 Å². The van der Waals surface area contributed by atoms with Gasteiger partial charge in [-0.25, -0.2) is 4.98 Å². The summed E-state index contributed by atoms with van der Waals surface area (Å²) in [6.07, 6.45) is 3.05. The lowest BCUT2D eigenvalue weighted by atomic mass is 10.2. The summed E-state index contributed by atoms with van der Waals surface area (Å²) in [6.45, 7) is 0.560. The average molecular weight is 308 g/mol. The van der Waals surface area contributed by atoms with Crippen molar-refractivity contribution in [3.63, 3.8) is 0 Å². The van der Waals surface area contributed by atoms with E-state index in [0.29, 0.717) is 23.6 Å². The van der Waals surface area contributed by atoms with E-state index in [1.54, 1.807) is 18.3 Å². The van der Waals surface area contributed by atoms with Gasteiger partial charge in [-0.05, 0) is 17.7 Å². The summed E-state index contributed by atoms with van der Waals surface area (Å²) in [5.41, 5.74) is 1.82. The van der Waals surface area contributed by atoms with E-state index < -0.39 is 0 Å². The summed E-state index contributed by atoms with van der Waals surface area (Å²) >= 11 is 0. The van der Waals surface area contributed by atoms with E-state index in [0.717, 1.165) is 5.56 Å². The number of pyridine rings is 1. The zero-order chi connectivity index (χ0) is 16.1. The van der Waals surface area contributed by atoms with Gasteiger partial charge in [-0.1, -0.05) is 41.6 Å². The van der Waals surface area contributed by atoms with Crippen LogP contribution in [0.1, 0.15) is 11.1 Å². The Morgan fingerprint density at radius 3 is 2.78 bits per heavy atom. The minimum Gasteiger partial charge on any atom is -0.399 e. The Labute approximate surface area is 133 Å². The van der Waals surface area contributed by atoms with Crippen LogP contribution < -0.4 is 10.9 Å². The van der Waals surface area contributed by atoms with Crippen LogP contribution in [0.25, 0.3) is 5.65 Å². The van der Waals surface area contributed by atoms with Crippen LogP contribution in [0.4, 0.5) is 5.82 Å². The quantitative estimate of drug-likeness (QED) is 0.580. The second-order valence-corrected chi connectivity index (χ2v) is 4.86. The maximum atomic E-state index is 12.6. The van der Waals surface area contributed by atoms with E-state index in [4.69, 9.17) is 4.84 Å². The molecule has 0 amide bonds. The molecule has 23 heavy (non-hydrogen) atoms. The van der Waals surface area contributed by atoms with Crippen LogP contribution in [0.3, 0.4) is 0 Å². The Bertz CT molecular complexity index is 888. The van der Waals surface area contributed by atoms with Gasteiger partial charge in [-0.15, -0.1) is 0 Å². The van der Waals surface area contributed by atoms with E-state index in [1.807, 2.05) is 36.4 Å². The Balaban J connectivity index is 2.03. The smallest absolute Gasteiger partial charge is 0.268 e. The molecule has 0 aliphatic carbocycles. The molecule has 1 aromatic carbocycles. The number of hydrogen-bond acceptors (Lipinski definition) is 5. The number of hydrogen-bond donors (Lipinski definition) is 1. The highest BCUT2D eigenvalue weighted by atomic mass is 16.6. The predicted molar refractivity (Wildman–Crippen MR) is 89.8 cm³/mol. The van der Waals surface area contributed by atoms with Crippen LogP contribution in [-0.4, -0.2) is 22.7 Å². The Morgan fingerprint density at radius 2 is 2.00 bits per heavy atom. The van der Waals surface area contributed by atoms with Crippen molar-refractivity contribution in [3.8, 4) is 0 Å². The van der Waals surface area contributed by atoms with Gasteiger partial charge in [0.05, 0.1) is 6.21 Å². The van der Waals surface area contributed by atoms with Crippen molar-refractivity contribution in [1.29, 1.82) is 0 Å². The highest BCUT2D eigenvalue weighted by Crippen LogP contribution is 2.11. The van der Waals surface area contributed by atoms with Gasteiger partial charge >= 0.3 is 0 Å². The fraction of sp³-hybridized carbons (Fsp3) is 0.118. The van der Waals surface area contributed by atoms with Crippen molar-refractivity contribution in [2.45, 2.75) is 6.54 Å². The first-order valence-corrected chi connectivity index (χ1v) is 7.15. The molecule has 2 aromatic heterocycles. The van der Waals surface area contributed by atoms with Crippen molar-refractivity contribution in [2.24, 2.45) is 5.16 Å².